The molecule has 27 heavy (non-hydrogen) atoms. The molecular weight excluding hydrogens is 345 g/mol. The summed E-state index contributed by atoms with van der Waals surface area (Å²) in [6.45, 7) is 0. The number of anilines is 2. The number of carbonyl (C=O) groups excluding carboxylic acids is 1. The molecule has 4 aromatic rings. The molecule has 2 heterocycles. The Kier molecular flexibility index (Phi) is 4.25. The molecular formula is C20H16FN5O. The van der Waals surface area contributed by atoms with Crippen LogP contribution in [-0.4, -0.2) is 20.8 Å². The Morgan fingerprint density at radius 3 is 2.74 bits per heavy atom. The first-order valence-corrected chi connectivity index (χ1v) is 8.31. The average molecular weight is 361 g/mol. The van der Waals surface area contributed by atoms with E-state index in [-0.39, 0.29) is 5.69 Å². The number of hydrogen-bond acceptors (Lipinski definition) is 3. The van der Waals surface area contributed by atoms with Crippen LogP contribution in [0, 0.1) is 5.82 Å². The normalized spacial score (nSPS) is 10.7. The van der Waals surface area contributed by atoms with Crippen LogP contribution >= 0.6 is 0 Å². The smallest absolute Gasteiger partial charge is 0.305 e. The lowest BCUT2D eigenvalue weighted by atomic mass is 10.1. The monoisotopic (exact) mass is 361 g/mol. The summed E-state index contributed by atoms with van der Waals surface area (Å²) in [7, 11) is 1.79. The van der Waals surface area contributed by atoms with Gasteiger partial charge in [-0.1, -0.05) is 24.3 Å². The second kappa shape index (κ2) is 6.87. The maximum absolute atomic E-state index is 13.6. The molecule has 0 fully saturated rings. The molecule has 0 atom stereocenters. The fraction of sp³-hybridized carbons (Fsp3) is 0.0500. The van der Waals surface area contributed by atoms with E-state index in [0.717, 1.165) is 22.0 Å². The van der Waals surface area contributed by atoms with E-state index in [1.54, 1.807) is 42.3 Å². The number of benzene rings is 2. The third-order valence-electron chi connectivity index (χ3n) is 4.18. The highest BCUT2D eigenvalue weighted by atomic mass is 19.1. The summed E-state index contributed by atoms with van der Waals surface area (Å²) < 4.78 is 15.3. The van der Waals surface area contributed by atoms with Crippen LogP contribution in [0.15, 0.2) is 67.0 Å². The van der Waals surface area contributed by atoms with E-state index in [0.29, 0.717) is 5.82 Å². The molecule has 0 saturated heterocycles. The van der Waals surface area contributed by atoms with Crippen LogP contribution in [0.1, 0.15) is 0 Å². The maximum atomic E-state index is 13.6. The summed E-state index contributed by atoms with van der Waals surface area (Å²) in [5, 5.41) is 11.5. The van der Waals surface area contributed by atoms with E-state index in [4.69, 9.17) is 0 Å². The lowest BCUT2D eigenvalue weighted by Gasteiger charge is -2.05. The molecule has 0 unspecified atom stereocenters. The van der Waals surface area contributed by atoms with Gasteiger partial charge in [-0.05, 0) is 29.7 Å². The highest BCUT2D eigenvalue weighted by Gasteiger charge is 2.12. The number of amides is 2. The van der Waals surface area contributed by atoms with E-state index in [2.05, 4.69) is 20.7 Å². The third-order valence-corrected chi connectivity index (χ3v) is 4.18. The van der Waals surface area contributed by atoms with E-state index < -0.39 is 11.8 Å². The Morgan fingerprint density at radius 2 is 1.89 bits per heavy atom. The molecule has 0 radical (unpaired) electrons. The van der Waals surface area contributed by atoms with Gasteiger partial charge in [0.2, 0.25) is 0 Å². The van der Waals surface area contributed by atoms with Gasteiger partial charge in [0.15, 0.2) is 5.82 Å². The number of aryl methyl sites for hydroxylation is 1. The number of carbonyl (C=O) groups is 1. The van der Waals surface area contributed by atoms with Gasteiger partial charge >= 0.3 is 6.03 Å². The van der Waals surface area contributed by atoms with Crippen molar-refractivity contribution in [3.63, 3.8) is 0 Å². The summed E-state index contributed by atoms with van der Waals surface area (Å²) >= 11 is 0. The predicted molar refractivity (Wildman–Crippen MR) is 103 cm³/mol. The van der Waals surface area contributed by atoms with E-state index >= 15 is 0 Å². The van der Waals surface area contributed by atoms with Gasteiger partial charge in [-0.2, -0.15) is 5.10 Å². The zero-order chi connectivity index (χ0) is 18.8. The van der Waals surface area contributed by atoms with E-state index in [9.17, 15) is 9.18 Å². The lowest BCUT2D eigenvalue weighted by Crippen LogP contribution is -2.20. The van der Waals surface area contributed by atoms with Gasteiger partial charge < -0.3 is 5.32 Å². The highest BCUT2D eigenvalue weighted by Crippen LogP contribution is 2.25. The quantitative estimate of drug-likeness (QED) is 0.567. The largest absolute Gasteiger partial charge is 0.324 e. The molecule has 0 bridgehead atoms. The number of nitrogens with one attached hydrogen (secondary N) is 2. The van der Waals surface area contributed by atoms with Crippen molar-refractivity contribution in [2.45, 2.75) is 0 Å². The minimum absolute atomic E-state index is 0.105. The highest BCUT2D eigenvalue weighted by molar-refractivity contribution is 5.99. The standard InChI is InChI=1S/C20H16FN5O/c1-26-18(14-7-6-13-8-9-22-12-15(13)10-14)11-19(25-26)24-20(27)23-17-5-3-2-4-16(17)21/h2-12H,1H3,(H2,23,24,25,27). The summed E-state index contributed by atoms with van der Waals surface area (Å²) in [6.07, 6.45) is 3.55. The molecule has 0 aliphatic rings. The minimum atomic E-state index is -0.563. The van der Waals surface area contributed by atoms with Crippen LogP contribution in [0.5, 0.6) is 0 Å². The zero-order valence-corrected chi connectivity index (χ0v) is 14.5. The summed E-state index contributed by atoms with van der Waals surface area (Å²) in [5.41, 5.74) is 1.89. The molecule has 2 aromatic carbocycles. The predicted octanol–water partition coefficient (Wildman–Crippen LogP) is 4.42. The number of nitrogens with zero attached hydrogens (tertiary/aromatic N) is 3. The van der Waals surface area contributed by atoms with Crippen LogP contribution in [0.3, 0.4) is 0 Å². The summed E-state index contributed by atoms with van der Waals surface area (Å²) in [6, 6.07) is 15.1. The van der Waals surface area contributed by atoms with Crippen LogP contribution in [0.4, 0.5) is 20.7 Å². The fourth-order valence-electron chi connectivity index (χ4n) is 2.88. The maximum Gasteiger partial charge on any atom is 0.324 e. The van der Waals surface area contributed by atoms with Gasteiger partial charge in [-0.25, -0.2) is 9.18 Å². The Morgan fingerprint density at radius 1 is 1.04 bits per heavy atom. The Labute approximate surface area is 154 Å². The Bertz CT molecular complexity index is 1140. The molecule has 2 N–H and O–H groups in total. The number of fused-ring (bicyclic) bond motifs is 1. The molecule has 7 heteroatoms. The van der Waals surface area contributed by atoms with Crippen molar-refractivity contribution >= 4 is 28.3 Å². The molecule has 134 valence electrons. The molecule has 0 aliphatic heterocycles. The number of urea groups is 1. The Balaban J connectivity index is 1.55. The topological polar surface area (TPSA) is 71.8 Å². The Hall–Kier alpha value is -3.74. The van der Waals surface area contributed by atoms with Gasteiger partial charge in [0, 0.05) is 36.5 Å². The lowest BCUT2D eigenvalue weighted by molar-refractivity contribution is 0.262. The van der Waals surface area contributed by atoms with E-state index in [1.807, 2.05) is 24.3 Å². The van der Waals surface area contributed by atoms with Crippen molar-refractivity contribution in [2.75, 3.05) is 10.6 Å². The van der Waals surface area contributed by atoms with Crippen molar-refractivity contribution in [1.29, 1.82) is 0 Å². The van der Waals surface area contributed by atoms with Gasteiger partial charge in [-0.15, -0.1) is 0 Å². The number of rotatable bonds is 3. The second-order valence-electron chi connectivity index (χ2n) is 6.04. The first-order chi connectivity index (χ1) is 13.1. The molecule has 0 saturated carbocycles. The SMILES string of the molecule is Cn1nc(NC(=O)Nc2ccccc2F)cc1-c1ccc2ccncc2c1. The number of aromatic nitrogens is 3. The molecule has 4 rings (SSSR count). The van der Waals surface area contributed by atoms with Crippen LogP contribution in [-0.2, 0) is 7.05 Å². The van der Waals surface area contributed by atoms with Crippen molar-refractivity contribution < 1.29 is 9.18 Å². The van der Waals surface area contributed by atoms with Crippen molar-refractivity contribution in [1.82, 2.24) is 14.8 Å². The summed E-state index contributed by atoms with van der Waals surface area (Å²) in [4.78, 5) is 16.3. The van der Waals surface area contributed by atoms with Gasteiger partial charge in [0.05, 0.1) is 11.4 Å². The first kappa shape index (κ1) is 16.7. The summed E-state index contributed by atoms with van der Waals surface area (Å²) in [5.74, 6) is -0.133. The molecule has 2 amide bonds. The molecule has 0 aliphatic carbocycles. The van der Waals surface area contributed by atoms with Crippen molar-refractivity contribution in [2.24, 2.45) is 7.05 Å². The number of halogens is 1. The van der Waals surface area contributed by atoms with E-state index in [1.165, 1.54) is 12.1 Å². The van der Waals surface area contributed by atoms with Gasteiger partial charge in [-0.3, -0.25) is 15.0 Å². The average Bonchev–Trinajstić information content (AvgIpc) is 3.03. The van der Waals surface area contributed by atoms with Crippen LogP contribution < -0.4 is 10.6 Å². The number of pyridine rings is 1. The molecule has 0 spiro atoms. The third kappa shape index (κ3) is 3.48. The van der Waals surface area contributed by atoms with Gasteiger partial charge in [0.1, 0.15) is 5.82 Å². The van der Waals surface area contributed by atoms with Crippen molar-refractivity contribution in [3.05, 3.63) is 72.8 Å². The fourth-order valence-corrected chi connectivity index (χ4v) is 2.88. The molecule has 2 aromatic heterocycles. The first-order valence-electron chi connectivity index (χ1n) is 8.31. The van der Waals surface area contributed by atoms with Gasteiger partial charge in [0.25, 0.3) is 0 Å². The zero-order valence-electron chi connectivity index (χ0n) is 14.5. The minimum Gasteiger partial charge on any atom is -0.305 e. The van der Waals surface area contributed by atoms with Crippen LogP contribution in [0.25, 0.3) is 22.0 Å². The van der Waals surface area contributed by atoms with Crippen molar-refractivity contribution in [3.8, 4) is 11.3 Å². The van der Waals surface area contributed by atoms with Crippen LogP contribution in [0.2, 0.25) is 0 Å². The molecule has 6 nitrogen and oxygen atoms in total. The number of para-hydroxylation sites is 1. The number of hydrogen-bond donors (Lipinski definition) is 2. The second-order valence-corrected chi connectivity index (χ2v) is 6.04.